The fourth-order valence-electron chi connectivity index (χ4n) is 2.11. The molecule has 1 amide bonds. The van der Waals surface area contributed by atoms with E-state index in [1.54, 1.807) is 0 Å². The molecule has 0 saturated heterocycles. The van der Waals surface area contributed by atoms with E-state index in [1.165, 1.54) is 16.9 Å². The van der Waals surface area contributed by atoms with E-state index >= 15 is 0 Å². The zero-order chi connectivity index (χ0) is 13.4. The van der Waals surface area contributed by atoms with Gasteiger partial charge in [0.05, 0.1) is 10.4 Å². The topological polar surface area (TPSA) is 42.0 Å². The number of thiophene rings is 1. The Morgan fingerprint density at radius 2 is 2.11 bits per heavy atom. The van der Waals surface area contributed by atoms with Gasteiger partial charge in [-0.3, -0.25) is 4.79 Å². The Morgan fingerprint density at radius 3 is 2.89 bits per heavy atom. The third-order valence-electron chi connectivity index (χ3n) is 3.02. The molecule has 2 heterocycles. The van der Waals surface area contributed by atoms with Gasteiger partial charge in [0.1, 0.15) is 4.83 Å². The molecule has 96 valence electrons. The number of amides is 1. The standard InChI is InChI=1S/C15H14N2OS/c1-3-16-14(18)13-8-11-7-10-6-9(2)4-5-12(10)17-15(11)19-13/h4-8H,3H2,1-2H3,(H,16,18). The van der Waals surface area contributed by atoms with Crippen molar-refractivity contribution in [3.63, 3.8) is 0 Å². The molecular weight excluding hydrogens is 256 g/mol. The molecule has 3 nitrogen and oxygen atoms in total. The minimum Gasteiger partial charge on any atom is -0.352 e. The molecule has 0 fully saturated rings. The second kappa shape index (κ2) is 4.63. The number of carbonyl (C=O) groups excluding carboxylic acids is 1. The normalized spacial score (nSPS) is 11.1. The molecule has 0 atom stereocenters. The van der Waals surface area contributed by atoms with Crippen molar-refractivity contribution in [2.75, 3.05) is 6.54 Å². The monoisotopic (exact) mass is 270 g/mol. The van der Waals surface area contributed by atoms with Crippen molar-refractivity contribution in [2.24, 2.45) is 0 Å². The highest BCUT2D eigenvalue weighted by Crippen LogP contribution is 2.27. The molecule has 0 aliphatic carbocycles. The van der Waals surface area contributed by atoms with E-state index in [9.17, 15) is 4.79 Å². The van der Waals surface area contributed by atoms with Gasteiger partial charge in [-0.25, -0.2) is 4.98 Å². The van der Waals surface area contributed by atoms with Crippen LogP contribution < -0.4 is 5.32 Å². The number of hydrogen-bond acceptors (Lipinski definition) is 3. The Morgan fingerprint density at radius 1 is 1.26 bits per heavy atom. The van der Waals surface area contributed by atoms with Crippen LogP contribution >= 0.6 is 11.3 Å². The number of carbonyl (C=O) groups is 1. The van der Waals surface area contributed by atoms with Crippen LogP contribution in [0.15, 0.2) is 30.3 Å². The van der Waals surface area contributed by atoms with E-state index in [2.05, 4.69) is 35.4 Å². The second-order valence-corrected chi connectivity index (χ2v) is 5.58. The molecule has 0 bridgehead atoms. The SMILES string of the molecule is CCNC(=O)c1cc2cc3cc(C)ccc3nc2s1. The van der Waals surface area contributed by atoms with Gasteiger partial charge in [-0.2, -0.15) is 0 Å². The first-order valence-electron chi connectivity index (χ1n) is 6.26. The number of benzene rings is 1. The van der Waals surface area contributed by atoms with Gasteiger partial charge in [0.15, 0.2) is 0 Å². The minimum atomic E-state index is -0.0225. The number of nitrogens with zero attached hydrogens (tertiary/aromatic N) is 1. The lowest BCUT2D eigenvalue weighted by Gasteiger charge is -1.98. The lowest BCUT2D eigenvalue weighted by Crippen LogP contribution is -2.21. The number of rotatable bonds is 2. The lowest BCUT2D eigenvalue weighted by atomic mass is 10.1. The van der Waals surface area contributed by atoms with Crippen LogP contribution in [0.25, 0.3) is 21.1 Å². The number of nitrogens with one attached hydrogen (secondary N) is 1. The number of hydrogen-bond donors (Lipinski definition) is 1. The average Bonchev–Trinajstić information content (AvgIpc) is 2.79. The molecule has 0 aliphatic rings. The molecule has 19 heavy (non-hydrogen) atoms. The largest absolute Gasteiger partial charge is 0.352 e. The molecule has 4 heteroatoms. The van der Waals surface area contributed by atoms with Crippen molar-refractivity contribution in [1.29, 1.82) is 0 Å². The minimum absolute atomic E-state index is 0.0225. The van der Waals surface area contributed by atoms with Gasteiger partial charge in [-0.1, -0.05) is 11.6 Å². The maximum Gasteiger partial charge on any atom is 0.261 e. The van der Waals surface area contributed by atoms with Gasteiger partial charge in [0, 0.05) is 17.3 Å². The van der Waals surface area contributed by atoms with Gasteiger partial charge >= 0.3 is 0 Å². The molecule has 0 unspecified atom stereocenters. The summed E-state index contributed by atoms with van der Waals surface area (Å²) in [5.74, 6) is -0.0225. The summed E-state index contributed by atoms with van der Waals surface area (Å²) in [6.45, 7) is 4.62. The smallest absolute Gasteiger partial charge is 0.261 e. The molecule has 2 aromatic heterocycles. The fraction of sp³-hybridized carbons (Fsp3) is 0.200. The summed E-state index contributed by atoms with van der Waals surface area (Å²) in [4.78, 5) is 18.1. The fourth-order valence-corrected chi connectivity index (χ4v) is 3.05. The highest BCUT2D eigenvalue weighted by Gasteiger charge is 2.10. The number of fused-ring (bicyclic) bond motifs is 2. The first kappa shape index (κ1) is 12.1. The van der Waals surface area contributed by atoms with E-state index in [1.807, 2.05) is 19.1 Å². The summed E-state index contributed by atoms with van der Waals surface area (Å²) in [7, 11) is 0. The van der Waals surface area contributed by atoms with Crippen molar-refractivity contribution in [2.45, 2.75) is 13.8 Å². The van der Waals surface area contributed by atoms with Gasteiger partial charge in [-0.15, -0.1) is 11.3 Å². The number of aromatic nitrogens is 1. The molecule has 0 saturated carbocycles. The van der Waals surface area contributed by atoms with Crippen LogP contribution in [0.4, 0.5) is 0 Å². The van der Waals surface area contributed by atoms with Crippen LogP contribution in [0.2, 0.25) is 0 Å². The molecular formula is C15H14N2OS. The second-order valence-electron chi connectivity index (χ2n) is 4.55. The third-order valence-corrected chi connectivity index (χ3v) is 4.06. The van der Waals surface area contributed by atoms with Gasteiger partial charge < -0.3 is 5.32 Å². The van der Waals surface area contributed by atoms with E-state index in [-0.39, 0.29) is 5.91 Å². The molecule has 3 aromatic rings. The van der Waals surface area contributed by atoms with Gasteiger partial charge in [0.25, 0.3) is 5.91 Å². The maximum absolute atomic E-state index is 11.8. The number of pyridine rings is 1. The Kier molecular flexibility index (Phi) is 2.95. The van der Waals surface area contributed by atoms with Crippen molar-refractivity contribution >= 4 is 38.4 Å². The first-order valence-corrected chi connectivity index (χ1v) is 7.08. The van der Waals surface area contributed by atoms with Crippen LogP contribution in [0.5, 0.6) is 0 Å². The van der Waals surface area contributed by atoms with E-state index < -0.39 is 0 Å². The quantitative estimate of drug-likeness (QED) is 0.774. The van der Waals surface area contributed by atoms with Crippen LogP contribution in [0.1, 0.15) is 22.2 Å². The predicted molar refractivity (Wildman–Crippen MR) is 79.9 cm³/mol. The van der Waals surface area contributed by atoms with Crippen molar-refractivity contribution in [1.82, 2.24) is 10.3 Å². The van der Waals surface area contributed by atoms with E-state index in [4.69, 9.17) is 0 Å². The zero-order valence-corrected chi connectivity index (χ0v) is 11.7. The Hall–Kier alpha value is -1.94. The molecule has 0 radical (unpaired) electrons. The summed E-state index contributed by atoms with van der Waals surface area (Å²) in [6.07, 6.45) is 0. The summed E-state index contributed by atoms with van der Waals surface area (Å²) in [6, 6.07) is 10.2. The Bertz CT molecular complexity index is 776. The van der Waals surface area contributed by atoms with E-state index in [0.29, 0.717) is 6.54 Å². The zero-order valence-electron chi connectivity index (χ0n) is 10.9. The summed E-state index contributed by atoms with van der Waals surface area (Å²) in [5, 5.41) is 4.97. The maximum atomic E-state index is 11.8. The molecule has 1 N–H and O–H groups in total. The summed E-state index contributed by atoms with van der Waals surface area (Å²) < 4.78 is 0. The molecule has 0 aliphatic heterocycles. The summed E-state index contributed by atoms with van der Waals surface area (Å²) in [5.41, 5.74) is 2.19. The van der Waals surface area contributed by atoms with Crippen molar-refractivity contribution < 1.29 is 4.79 Å². The van der Waals surface area contributed by atoms with Gasteiger partial charge in [0.2, 0.25) is 0 Å². The van der Waals surface area contributed by atoms with Crippen LogP contribution in [0.3, 0.4) is 0 Å². The number of aryl methyl sites for hydroxylation is 1. The van der Waals surface area contributed by atoms with Crippen LogP contribution in [0, 0.1) is 6.92 Å². The highest BCUT2D eigenvalue weighted by molar-refractivity contribution is 7.20. The first-order chi connectivity index (χ1) is 9.17. The van der Waals surface area contributed by atoms with Gasteiger partial charge in [-0.05, 0) is 38.1 Å². The molecule has 1 aromatic carbocycles. The third kappa shape index (κ3) is 2.19. The van der Waals surface area contributed by atoms with Crippen LogP contribution in [-0.2, 0) is 0 Å². The predicted octanol–water partition coefficient (Wildman–Crippen LogP) is 3.51. The molecule has 3 rings (SSSR count). The van der Waals surface area contributed by atoms with E-state index in [0.717, 1.165) is 26.0 Å². The lowest BCUT2D eigenvalue weighted by molar-refractivity contribution is 0.0960. The van der Waals surface area contributed by atoms with Crippen LogP contribution in [-0.4, -0.2) is 17.4 Å². The van der Waals surface area contributed by atoms with Crippen molar-refractivity contribution in [3.05, 3.63) is 40.8 Å². The van der Waals surface area contributed by atoms with Crippen molar-refractivity contribution in [3.8, 4) is 0 Å². The average molecular weight is 270 g/mol. The Balaban J connectivity index is 2.17. The molecule has 0 spiro atoms. The Labute approximate surface area is 115 Å². The highest BCUT2D eigenvalue weighted by atomic mass is 32.1. The summed E-state index contributed by atoms with van der Waals surface area (Å²) >= 11 is 1.44.